The van der Waals surface area contributed by atoms with Crippen molar-refractivity contribution in [3.63, 3.8) is 0 Å². The molecule has 14 N–H and O–H groups in total. The quantitative estimate of drug-likeness (QED) is 0.0463. The van der Waals surface area contributed by atoms with Gasteiger partial charge in [0, 0.05) is 0 Å². The second kappa shape index (κ2) is 28.2. The first-order chi connectivity index (χ1) is 34.8. The van der Waals surface area contributed by atoms with Crippen LogP contribution in [0.5, 0.6) is 0 Å². The van der Waals surface area contributed by atoms with Crippen molar-refractivity contribution in [2.24, 2.45) is 0 Å². The Balaban J connectivity index is 1.07. The monoisotopic (exact) mass is 1070 g/mol. The summed E-state index contributed by atoms with van der Waals surface area (Å²) in [5.74, 6) is 0. The van der Waals surface area contributed by atoms with Crippen molar-refractivity contribution >= 4 is 0 Å². The summed E-state index contributed by atoms with van der Waals surface area (Å²) < 4.78 is 57.7. The van der Waals surface area contributed by atoms with Gasteiger partial charge in [-0.15, -0.1) is 6.58 Å². The fraction of sp³-hybridized carbons (Fsp3) is 0.840. The third-order valence-corrected chi connectivity index (χ3v) is 14.4. The molecule has 74 heavy (non-hydrogen) atoms. The topological polar surface area (TPSA) is 376 Å². The molecule has 0 unspecified atom stereocenters. The van der Waals surface area contributed by atoms with E-state index >= 15 is 0 Å². The Morgan fingerprint density at radius 1 is 0.473 bits per heavy atom. The van der Waals surface area contributed by atoms with Crippen molar-refractivity contribution in [1.82, 2.24) is 0 Å². The minimum Gasteiger partial charge on any atom is -0.394 e. The van der Waals surface area contributed by atoms with Crippen molar-refractivity contribution in [2.75, 3.05) is 19.8 Å². The normalized spacial score (nSPS) is 44.8. The zero-order valence-corrected chi connectivity index (χ0v) is 43.2. The molecular formula is C50H84O24. The van der Waals surface area contributed by atoms with E-state index in [-0.39, 0.29) is 6.61 Å². The second-order valence-corrected chi connectivity index (χ2v) is 20.5. The van der Waals surface area contributed by atoms with E-state index in [9.17, 15) is 71.5 Å². The zero-order valence-electron chi connectivity index (χ0n) is 43.2. The van der Waals surface area contributed by atoms with E-state index in [4.69, 9.17) is 47.4 Å². The lowest BCUT2D eigenvalue weighted by Crippen LogP contribution is -2.64. The summed E-state index contributed by atoms with van der Waals surface area (Å²) in [6.45, 7) is 14.7. The van der Waals surface area contributed by atoms with Gasteiger partial charge in [-0.3, -0.25) is 0 Å². The van der Waals surface area contributed by atoms with Crippen LogP contribution in [-0.4, -0.2) is 250 Å². The van der Waals surface area contributed by atoms with Crippen LogP contribution in [0, 0.1) is 0 Å². The summed E-state index contributed by atoms with van der Waals surface area (Å²) in [5.41, 5.74) is 2.05. The van der Waals surface area contributed by atoms with E-state index in [0.717, 1.165) is 36.0 Å². The van der Waals surface area contributed by atoms with Gasteiger partial charge in [-0.1, -0.05) is 41.0 Å². The molecule has 0 aromatic heterocycles. The van der Waals surface area contributed by atoms with Crippen LogP contribution < -0.4 is 0 Å². The molecule has 428 valence electrons. The maximum absolute atomic E-state index is 11.3. The molecule has 0 bridgehead atoms. The van der Waals surface area contributed by atoms with Gasteiger partial charge in [-0.2, -0.15) is 0 Å². The Kier molecular flexibility index (Phi) is 24.0. The molecule has 0 saturated carbocycles. The molecule has 5 fully saturated rings. The molecule has 0 radical (unpaired) electrons. The summed E-state index contributed by atoms with van der Waals surface area (Å²) in [6, 6.07) is 0. The summed E-state index contributed by atoms with van der Waals surface area (Å²) >= 11 is 0. The molecule has 5 saturated heterocycles. The van der Waals surface area contributed by atoms with Crippen LogP contribution in [-0.2, 0) is 47.4 Å². The van der Waals surface area contributed by atoms with Gasteiger partial charge in [-0.05, 0) is 87.0 Å². The Morgan fingerprint density at radius 3 is 1.35 bits per heavy atom. The van der Waals surface area contributed by atoms with E-state index in [1.165, 1.54) is 20.8 Å². The van der Waals surface area contributed by atoms with Gasteiger partial charge < -0.3 is 119 Å². The highest BCUT2D eigenvalue weighted by Gasteiger charge is 2.53. The zero-order chi connectivity index (χ0) is 54.9. The Morgan fingerprint density at radius 2 is 0.865 bits per heavy atom. The Bertz CT molecular complexity index is 1820. The number of rotatable bonds is 23. The summed E-state index contributed by atoms with van der Waals surface area (Å²) in [7, 11) is 0. The first-order valence-electron chi connectivity index (χ1n) is 25.4. The molecule has 26 atom stereocenters. The minimum absolute atomic E-state index is 0.00986. The van der Waals surface area contributed by atoms with Gasteiger partial charge in [0.2, 0.25) is 0 Å². The number of allylic oxidation sites excluding steroid dienone is 5. The first-order valence-corrected chi connectivity index (χ1v) is 25.4. The van der Waals surface area contributed by atoms with Crippen LogP contribution >= 0.6 is 0 Å². The predicted molar refractivity (Wildman–Crippen MR) is 256 cm³/mol. The van der Waals surface area contributed by atoms with Crippen molar-refractivity contribution in [3.8, 4) is 0 Å². The summed E-state index contributed by atoms with van der Waals surface area (Å²) in [6.07, 6.45) is -24.7. The van der Waals surface area contributed by atoms with E-state index < -0.39 is 172 Å². The first kappa shape index (κ1) is 62.8. The lowest BCUT2D eigenvalue weighted by atomic mass is 9.95. The number of hydrogen-bond acceptors (Lipinski definition) is 24. The van der Waals surface area contributed by atoms with Gasteiger partial charge in [0.25, 0.3) is 0 Å². The number of aliphatic hydroxyl groups is 14. The highest BCUT2D eigenvalue weighted by atomic mass is 16.8. The standard InChI is InChI=1S/C50H84O24/c1-9-50(8,74-49-42(64)37(59)43(28(19-51)70-49)72-47-39(61)34(56)31(53)26(6)68-47)18-12-17-23(3)14-10-13-22(2)15-11-16-24(4)20-65-46-41(63)36(58)44(73-48-40(62)35(57)32(54)27(7)69-48)29(71-46)21-66-45-38(60)33(55)30(52)25(5)67-45/h9,13,16-17,25-49,51-64H,1,10-12,14-15,18-21H2,2-8H3/b22-13+,23-17+,24-16-/t25-,26-,27-,28+,29+,30-,31-,32-,33+,34+,35+,36+,37+,38+,39+,40+,41+,42+,43+,44+,45+,46+,47-,48-,49-,50+/m0/s1. The van der Waals surface area contributed by atoms with E-state index in [0.29, 0.717) is 19.3 Å². The molecule has 5 aliphatic heterocycles. The van der Waals surface area contributed by atoms with Crippen LogP contribution in [0.15, 0.2) is 47.6 Å². The highest BCUT2D eigenvalue weighted by molar-refractivity contribution is 5.08. The van der Waals surface area contributed by atoms with Crippen molar-refractivity contribution in [1.29, 1.82) is 0 Å². The lowest BCUT2D eigenvalue weighted by molar-refractivity contribution is -0.363. The Labute approximate surface area is 431 Å². The molecule has 5 aliphatic rings. The molecule has 24 heteroatoms. The molecule has 24 nitrogen and oxygen atoms in total. The molecule has 0 spiro atoms. The Hall–Kier alpha value is -2.00. The van der Waals surface area contributed by atoms with Crippen LogP contribution in [0.25, 0.3) is 0 Å². The van der Waals surface area contributed by atoms with Gasteiger partial charge in [0.15, 0.2) is 31.5 Å². The molecular weight excluding hydrogens is 985 g/mol. The minimum atomic E-state index is -1.75. The van der Waals surface area contributed by atoms with Crippen LogP contribution in [0.3, 0.4) is 0 Å². The molecule has 0 amide bonds. The third kappa shape index (κ3) is 15.9. The maximum atomic E-state index is 11.3. The number of hydrogen-bond donors (Lipinski definition) is 14. The van der Waals surface area contributed by atoms with Gasteiger partial charge in [0.1, 0.15) is 104 Å². The second-order valence-electron chi connectivity index (χ2n) is 20.5. The van der Waals surface area contributed by atoms with Crippen molar-refractivity contribution in [2.45, 2.75) is 246 Å². The van der Waals surface area contributed by atoms with Crippen molar-refractivity contribution in [3.05, 3.63) is 47.6 Å². The average molecular weight is 1070 g/mol. The lowest BCUT2D eigenvalue weighted by Gasteiger charge is -2.47. The average Bonchev–Trinajstić information content (AvgIpc) is 3.36. The summed E-state index contributed by atoms with van der Waals surface area (Å²) in [4.78, 5) is 0. The molecule has 5 heterocycles. The fourth-order valence-electron chi connectivity index (χ4n) is 9.21. The number of ether oxygens (including phenoxy) is 10. The fourth-order valence-corrected chi connectivity index (χ4v) is 9.21. The van der Waals surface area contributed by atoms with E-state index in [1.807, 2.05) is 26.8 Å². The van der Waals surface area contributed by atoms with Crippen molar-refractivity contribution < 1.29 is 119 Å². The smallest absolute Gasteiger partial charge is 0.187 e. The van der Waals surface area contributed by atoms with Gasteiger partial charge in [-0.25, -0.2) is 0 Å². The highest BCUT2D eigenvalue weighted by Crippen LogP contribution is 2.34. The SMILES string of the molecule is C=C[C@](C)(CC/C=C(\C)CC/C=C(\C)CC/C=C(/C)CO[C@@H]1O[C@H](CO[C@@H]2O[C@@H](C)[C@H](O)[C@@H](O)[C@H]2O)[C@@H](O[C@@H]2O[C@@H](C)[C@H](O)[C@@H](O)[C@H]2O)[C@H](O)[C@H]1O)O[C@@H]1O[C@H](CO)[C@@H](O[C@@H]2O[C@@H](C)[C@H](O)[C@@H](O)[C@H]2O)[C@H](O)[C@H]1O. The number of aliphatic hydroxyl groups excluding tert-OH is 14. The van der Waals surface area contributed by atoms with E-state index in [2.05, 4.69) is 18.7 Å². The van der Waals surface area contributed by atoms with Crippen LogP contribution in [0.2, 0.25) is 0 Å². The summed E-state index contributed by atoms with van der Waals surface area (Å²) in [5, 5.41) is 147. The largest absolute Gasteiger partial charge is 0.394 e. The maximum Gasteiger partial charge on any atom is 0.187 e. The molecule has 0 aliphatic carbocycles. The molecule has 5 rings (SSSR count). The van der Waals surface area contributed by atoms with Gasteiger partial charge in [0.05, 0.1) is 43.7 Å². The van der Waals surface area contributed by atoms with E-state index in [1.54, 1.807) is 13.0 Å². The molecule has 0 aromatic carbocycles. The van der Waals surface area contributed by atoms with Crippen LogP contribution in [0.1, 0.15) is 87.0 Å². The van der Waals surface area contributed by atoms with Gasteiger partial charge >= 0.3 is 0 Å². The van der Waals surface area contributed by atoms with Crippen LogP contribution in [0.4, 0.5) is 0 Å². The third-order valence-electron chi connectivity index (χ3n) is 14.4. The predicted octanol–water partition coefficient (Wildman–Crippen LogP) is -2.70. The molecule has 0 aromatic rings.